The van der Waals surface area contributed by atoms with E-state index in [0.29, 0.717) is 0 Å². The first-order valence-electron chi connectivity index (χ1n) is 6.40. The topological polar surface area (TPSA) is 21.6 Å². The molecular weight excluding hydrogens is 254 g/mol. The van der Waals surface area contributed by atoms with Gasteiger partial charge in [0.1, 0.15) is 5.75 Å². The molecule has 1 aromatic rings. The Morgan fingerprint density at radius 3 is 2.47 bits per heavy atom. The van der Waals surface area contributed by atoms with E-state index in [9.17, 15) is 0 Å². The van der Waals surface area contributed by atoms with Crippen LogP contribution in [-0.2, 0) is 0 Å². The third-order valence-corrected chi connectivity index (χ3v) is 4.58. The van der Waals surface area contributed by atoms with Crippen LogP contribution in [0.1, 0.15) is 25.8 Å². The number of allylic oxidation sites excluding steroid dienone is 3. The molecule has 0 fully saturated rings. The monoisotopic (exact) mass is 273 g/mol. The normalized spacial score (nSPS) is 19.6. The summed E-state index contributed by atoms with van der Waals surface area (Å²) in [5, 5.41) is 0. The van der Waals surface area contributed by atoms with Gasteiger partial charge in [-0.05, 0) is 37.1 Å². The van der Waals surface area contributed by atoms with Gasteiger partial charge in [0, 0.05) is 16.9 Å². The maximum Gasteiger partial charge on any atom is 0.118 e. The first-order chi connectivity index (χ1) is 9.19. The predicted octanol–water partition coefficient (Wildman–Crippen LogP) is 4.54. The zero-order chi connectivity index (χ0) is 13.8. The molecule has 2 rings (SSSR count). The molecule has 100 valence electrons. The number of ether oxygens (including phenoxy) is 1. The Labute approximate surface area is 119 Å². The standard InChI is InChI=1S/C16H19NOS/c1-5-11(2)16-14(17-3)10-15(19-16)12-6-8-13(18-4)9-7-12/h6-10H,5H2,1-4H3/b16-11+,17-14?. The van der Waals surface area contributed by atoms with Crippen molar-refractivity contribution in [2.45, 2.75) is 20.3 Å². The summed E-state index contributed by atoms with van der Waals surface area (Å²) < 4.78 is 5.19. The Kier molecular flexibility index (Phi) is 4.48. The van der Waals surface area contributed by atoms with Gasteiger partial charge in [-0.25, -0.2) is 0 Å². The lowest BCUT2D eigenvalue weighted by Crippen LogP contribution is -1.93. The number of nitrogens with zero attached hydrogens (tertiary/aromatic N) is 1. The van der Waals surface area contributed by atoms with Crippen molar-refractivity contribution in [1.29, 1.82) is 0 Å². The molecule has 2 nitrogen and oxygen atoms in total. The van der Waals surface area contributed by atoms with Crippen LogP contribution in [-0.4, -0.2) is 19.9 Å². The largest absolute Gasteiger partial charge is 0.497 e. The number of hydrogen-bond acceptors (Lipinski definition) is 3. The van der Waals surface area contributed by atoms with E-state index in [1.807, 2.05) is 30.9 Å². The zero-order valence-corrected chi connectivity index (χ0v) is 12.7. The van der Waals surface area contributed by atoms with Gasteiger partial charge < -0.3 is 4.74 Å². The van der Waals surface area contributed by atoms with Gasteiger partial charge in [-0.15, -0.1) is 0 Å². The Bertz CT molecular complexity index is 553. The molecule has 0 saturated carbocycles. The molecule has 1 aliphatic rings. The van der Waals surface area contributed by atoms with Gasteiger partial charge in [0.2, 0.25) is 0 Å². The smallest absolute Gasteiger partial charge is 0.118 e. The molecule has 0 bridgehead atoms. The second-order valence-corrected chi connectivity index (χ2v) is 5.46. The minimum absolute atomic E-state index is 0.886. The van der Waals surface area contributed by atoms with Crippen LogP contribution in [0, 0.1) is 0 Å². The van der Waals surface area contributed by atoms with Crippen molar-refractivity contribution in [2.24, 2.45) is 4.99 Å². The van der Waals surface area contributed by atoms with E-state index in [0.717, 1.165) is 17.9 Å². The van der Waals surface area contributed by atoms with E-state index in [1.54, 1.807) is 7.11 Å². The van der Waals surface area contributed by atoms with Crippen molar-refractivity contribution in [3.8, 4) is 5.75 Å². The Morgan fingerprint density at radius 1 is 1.26 bits per heavy atom. The maximum absolute atomic E-state index is 5.19. The first kappa shape index (κ1) is 13.9. The van der Waals surface area contributed by atoms with Crippen LogP contribution in [0.4, 0.5) is 0 Å². The lowest BCUT2D eigenvalue weighted by atomic mass is 10.1. The molecule has 0 radical (unpaired) electrons. The molecule has 19 heavy (non-hydrogen) atoms. The quantitative estimate of drug-likeness (QED) is 0.806. The minimum atomic E-state index is 0.886. The van der Waals surface area contributed by atoms with Gasteiger partial charge in [-0.2, -0.15) is 0 Å². The molecule has 0 unspecified atom stereocenters. The van der Waals surface area contributed by atoms with Crippen LogP contribution in [0.15, 0.2) is 45.8 Å². The van der Waals surface area contributed by atoms with E-state index in [2.05, 4.69) is 37.0 Å². The summed E-state index contributed by atoms with van der Waals surface area (Å²) in [6.45, 7) is 4.36. The van der Waals surface area contributed by atoms with Crippen molar-refractivity contribution in [3.05, 3.63) is 46.4 Å². The number of rotatable bonds is 3. The van der Waals surface area contributed by atoms with E-state index < -0.39 is 0 Å². The lowest BCUT2D eigenvalue weighted by Gasteiger charge is -2.06. The molecule has 1 aliphatic heterocycles. The fourth-order valence-corrected chi connectivity index (χ4v) is 3.13. The molecule has 0 aromatic heterocycles. The third-order valence-electron chi connectivity index (χ3n) is 3.25. The highest BCUT2D eigenvalue weighted by Gasteiger charge is 2.20. The molecule has 0 aliphatic carbocycles. The highest BCUT2D eigenvalue weighted by molar-refractivity contribution is 8.13. The van der Waals surface area contributed by atoms with E-state index >= 15 is 0 Å². The summed E-state index contributed by atoms with van der Waals surface area (Å²) in [5.41, 5.74) is 3.70. The van der Waals surface area contributed by atoms with Gasteiger partial charge in [-0.1, -0.05) is 36.4 Å². The molecule has 0 atom stereocenters. The van der Waals surface area contributed by atoms with Gasteiger partial charge >= 0.3 is 0 Å². The van der Waals surface area contributed by atoms with Crippen LogP contribution >= 0.6 is 11.8 Å². The Balaban J connectivity index is 2.32. The van der Waals surface area contributed by atoms with Gasteiger partial charge in [0.15, 0.2) is 0 Å². The summed E-state index contributed by atoms with van der Waals surface area (Å²) in [6.07, 6.45) is 3.23. The minimum Gasteiger partial charge on any atom is -0.497 e. The van der Waals surface area contributed by atoms with Crippen LogP contribution in [0.5, 0.6) is 5.75 Å². The van der Waals surface area contributed by atoms with E-state index in [-0.39, 0.29) is 0 Å². The summed E-state index contributed by atoms with van der Waals surface area (Å²) in [7, 11) is 3.54. The van der Waals surface area contributed by atoms with Gasteiger partial charge in [-0.3, -0.25) is 4.99 Å². The molecule has 0 spiro atoms. The summed E-state index contributed by atoms with van der Waals surface area (Å²) in [5.74, 6) is 0.886. The molecule has 0 saturated heterocycles. The van der Waals surface area contributed by atoms with E-state index in [1.165, 1.54) is 20.9 Å². The van der Waals surface area contributed by atoms with Gasteiger partial charge in [0.05, 0.1) is 12.8 Å². The van der Waals surface area contributed by atoms with Crippen molar-refractivity contribution < 1.29 is 4.74 Å². The molecule has 0 N–H and O–H groups in total. The second kappa shape index (κ2) is 6.11. The summed E-state index contributed by atoms with van der Waals surface area (Å²) >= 11 is 1.81. The maximum atomic E-state index is 5.19. The molecule has 1 aromatic carbocycles. The molecule has 0 amide bonds. The summed E-state index contributed by atoms with van der Waals surface area (Å²) in [6, 6.07) is 8.17. The number of methoxy groups -OCH3 is 1. The van der Waals surface area contributed by atoms with Crippen LogP contribution in [0.25, 0.3) is 4.91 Å². The van der Waals surface area contributed by atoms with Crippen LogP contribution in [0.2, 0.25) is 0 Å². The number of thioether (sulfide) groups is 1. The number of hydrogen-bond donors (Lipinski definition) is 0. The predicted molar refractivity (Wildman–Crippen MR) is 84.9 cm³/mol. The lowest BCUT2D eigenvalue weighted by molar-refractivity contribution is 0.415. The Hall–Kier alpha value is -1.48. The van der Waals surface area contributed by atoms with Crippen LogP contribution in [0.3, 0.4) is 0 Å². The highest BCUT2D eigenvalue weighted by atomic mass is 32.2. The fraction of sp³-hybridized carbons (Fsp3) is 0.312. The number of aliphatic imine (C=N–C) groups is 1. The van der Waals surface area contributed by atoms with E-state index in [4.69, 9.17) is 4.74 Å². The highest BCUT2D eigenvalue weighted by Crippen LogP contribution is 2.42. The number of benzene rings is 1. The van der Waals surface area contributed by atoms with Crippen molar-refractivity contribution in [2.75, 3.05) is 14.2 Å². The van der Waals surface area contributed by atoms with Crippen LogP contribution < -0.4 is 4.74 Å². The molecule has 3 heteroatoms. The zero-order valence-electron chi connectivity index (χ0n) is 11.9. The van der Waals surface area contributed by atoms with Crippen molar-refractivity contribution in [3.63, 3.8) is 0 Å². The SMILES string of the molecule is CC/C(C)=C1/SC(c2ccc(OC)cc2)=CC1=NC. The van der Waals surface area contributed by atoms with Crippen molar-refractivity contribution in [1.82, 2.24) is 0 Å². The first-order valence-corrected chi connectivity index (χ1v) is 7.22. The van der Waals surface area contributed by atoms with Crippen molar-refractivity contribution >= 4 is 22.4 Å². The third kappa shape index (κ3) is 2.92. The van der Waals surface area contributed by atoms with Gasteiger partial charge in [0.25, 0.3) is 0 Å². The average molecular weight is 273 g/mol. The Morgan fingerprint density at radius 2 is 1.95 bits per heavy atom. The average Bonchev–Trinajstić information content (AvgIpc) is 2.90. The molecule has 1 heterocycles. The molecular formula is C16H19NOS. The summed E-state index contributed by atoms with van der Waals surface area (Å²) in [4.78, 5) is 6.94. The second-order valence-electron chi connectivity index (χ2n) is 4.41. The fourth-order valence-electron chi connectivity index (χ4n) is 1.91.